The van der Waals surface area contributed by atoms with Gasteiger partial charge in [-0.05, 0) is 54.1 Å². The van der Waals surface area contributed by atoms with Gasteiger partial charge in [0.15, 0.2) is 17.3 Å². The van der Waals surface area contributed by atoms with Crippen LogP contribution in [0.1, 0.15) is 5.56 Å². The highest BCUT2D eigenvalue weighted by molar-refractivity contribution is 6.02. The van der Waals surface area contributed by atoms with Crippen molar-refractivity contribution in [1.82, 2.24) is 19.7 Å². The van der Waals surface area contributed by atoms with Gasteiger partial charge in [-0.25, -0.2) is 14.6 Å². The average Bonchev–Trinajstić information content (AvgIpc) is 3.51. The summed E-state index contributed by atoms with van der Waals surface area (Å²) >= 11 is 0. The van der Waals surface area contributed by atoms with Gasteiger partial charge in [0, 0.05) is 35.9 Å². The molecule has 0 unspecified atom stereocenters. The fourth-order valence-corrected chi connectivity index (χ4v) is 3.10. The molecular formula is C23H18N6O3. The lowest BCUT2D eigenvalue weighted by Crippen LogP contribution is -2.07. The number of rotatable bonds is 6. The van der Waals surface area contributed by atoms with E-state index < -0.39 is 0 Å². The van der Waals surface area contributed by atoms with Gasteiger partial charge >= 0.3 is 0 Å². The fraction of sp³-hybridized carbons (Fsp3) is 0.0435. The van der Waals surface area contributed by atoms with Gasteiger partial charge in [0.25, 0.3) is 0 Å². The third-order valence-electron chi connectivity index (χ3n) is 4.64. The summed E-state index contributed by atoms with van der Waals surface area (Å²) < 4.78 is 12.3. The maximum absolute atomic E-state index is 12.3. The Morgan fingerprint density at radius 2 is 1.84 bits per heavy atom. The molecule has 0 spiro atoms. The van der Waals surface area contributed by atoms with E-state index in [-0.39, 0.29) is 12.7 Å². The molecule has 0 saturated heterocycles. The standard InChI is InChI=1S/C23H18N6O3/c30-23(9-3-16-2-8-19-20(12-16)32-15-31-19)28-18-6-4-17(5-7-18)27-21-13-22(25-14-24-21)29-11-1-10-26-29/h1-14H,15H2,(H,28,30)(H,24,25,27)/b9-3+. The molecule has 0 aliphatic carbocycles. The summed E-state index contributed by atoms with van der Waals surface area (Å²) in [5.41, 5.74) is 2.35. The van der Waals surface area contributed by atoms with Gasteiger partial charge in [-0.15, -0.1) is 0 Å². The molecule has 1 aliphatic rings. The Bertz CT molecular complexity index is 1270. The maximum atomic E-state index is 12.3. The summed E-state index contributed by atoms with van der Waals surface area (Å²) in [4.78, 5) is 20.7. The van der Waals surface area contributed by atoms with Gasteiger partial charge in [-0.2, -0.15) is 5.10 Å². The monoisotopic (exact) mass is 426 g/mol. The second-order valence-electron chi connectivity index (χ2n) is 6.85. The van der Waals surface area contributed by atoms with E-state index in [0.717, 1.165) is 11.3 Å². The highest BCUT2D eigenvalue weighted by atomic mass is 16.7. The van der Waals surface area contributed by atoms with Crippen molar-refractivity contribution in [3.63, 3.8) is 0 Å². The first-order valence-electron chi connectivity index (χ1n) is 9.81. The van der Waals surface area contributed by atoms with Crippen LogP contribution >= 0.6 is 0 Å². The topological polar surface area (TPSA) is 103 Å². The van der Waals surface area contributed by atoms with Crippen LogP contribution in [-0.4, -0.2) is 32.4 Å². The number of benzene rings is 2. The van der Waals surface area contributed by atoms with E-state index in [9.17, 15) is 4.79 Å². The predicted molar refractivity (Wildman–Crippen MR) is 119 cm³/mol. The number of hydrogen-bond donors (Lipinski definition) is 2. The van der Waals surface area contributed by atoms with E-state index in [1.807, 2.05) is 54.7 Å². The number of anilines is 3. The molecule has 2 N–H and O–H groups in total. The number of amides is 1. The highest BCUT2D eigenvalue weighted by Gasteiger charge is 2.12. The zero-order valence-electron chi connectivity index (χ0n) is 16.8. The molecule has 0 fully saturated rings. The van der Waals surface area contributed by atoms with Crippen LogP contribution in [0.25, 0.3) is 11.9 Å². The number of carbonyl (C=O) groups excluding carboxylic acids is 1. The molecule has 5 rings (SSSR count). The molecule has 2 aromatic carbocycles. The molecule has 9 nitrogen and oxygen atoms in total. The van der Waals surface area contributed by atoms with Crippen LogP contribution < -0.4 is 20.1 Å². The second kappa shape index (κ2) is 8.60. The fourth-order valence-electron chi connectivity index (χ4n) is 3.10. The minimum absolute atomic E-state index is 0.219. The van der Waals surface area contributed by atoms with Crippen LogP contribution in [0.15, 0.2) is 79.4 Å². The summed E-state index contributed by atoms with van der Waals surface area (Å²) in [6.45, 7) is 0.219. The molecule has 32 heavy (non-hydrogen) atoms. The molecule has 158 valence electrons. The van der Waals surface area contributed by atoms with Crippen LogP contribution in [0.4, 0.5) is 17.2 Å². The largest absolute Gasteiger partial charge is 0.454 e. The van der Waals surface area contributed by atoms with Gasteiger partial charge in [-0.3, -0.25) is 4.79 Å². The van der Waals surface area contributed by atoms with Crippen molar-refractivity contribution in [2.75, 3.05) is 17.4 Å². The van der Waals surface area contributed by atoms with Crippen LogP contribution in [-0.2, 0) is 4.79 Å². The van der Waals surface area contributed by atoms with E-state index >= 15 is 0 Å². The Balaban J connectivity index is 1.19. The molecule has 0 atom stereocenters. The SMILES string of the molecule is O=C(/C=C/c1ccc2c(c1)OCO2)Nc1ccc(Nc2cc(-n3cccn3)ncn2)cc1. The Hall–Kier alpha value is -4.66. The molecule has 4 aromatic rings. The van der Waals surface area contributed by atoms with E-state index in [0.29, 0.717) is 28.8 Å². The number of hydrogen-bond acceptors (Lipinski definition) is 7. The first kappa shape index (κ1) is 19.3. The van der Waals surface area contributed by atoms with Crippen molar-refractivity contribution in [3.05, 3.63) is 85.0 Å². The zero-order chi connectivity index (χ0) is 21.8. The quantitative estimate of drug-likeness (QED) is 0.452. The molecule has 1 aliphatic heterocycles. The normalized spacial score (nSPS) is 12.1. The summed E-state index contributed by atoms with van der Waals surface area (Å²) in [7, 11) is 0. The van der Waals surface area contributed by atoms with Crippen LogP contribution in [0.3, 0.4) is 0 Å². The highest BCUT2D eigenvalue weighted by Crippen LogP contribution is 2.32. The summed E-state index contributed by atoms with van der Waals surface area (Å²) in [6.07, 6.45) is 8.17. The maximum Gasteiger partial charge on any atom is 0.248 e. The molecule has 0 bridgehead atoms. The van der Waals surface area contributed by atoms with Crippen molar-refractivity contribution in [3.8, 4) is 17.3 Å². The average molecular weight is 426 g/mol. The van der Waals surface area contributed by atoms with Gasteiger partial charge in [-0.1, -0.05) is 6.07 Å². The minimum atomic E-state index is -0.233. The lowest BCUT2D eigenvalue weighted by atomic mass is 10.2. The Morgan fingerprint density at radius 1 is 1.00 bits per heavy atom. The third-order valence-corrected chi connectivity index (χ3v) is 4.64. The van der Waals surface area contributed by atoms with E-state index in [2.05, 4.69) is 25.7 Å². The van der Waals surface area contributed by atoms with Crippen LogP contribution in [0.2, 0.25) is 0 Å². The van der Waals surface area contributed by atoms with Crippen molar-refractivity contribution in [2.45, 2.75) is 0 Å². The number of carbonyl (C=O) groups is 1. The molecule has 0 radical (unpaired) electrons. The van der Waals surface area contributed by atoms with Crippen LogP contribution in [0, 0.1) is 0 Å². The Kier molecular flexibility index (Phi) is 5.19. The Labute approximate surface area is 183 Å². The van der Waals surface area contributed by atoms with E-state index in [1.54, 1.807) is 23.0 Å². The van der Waals surface area contributed by atoms with Crippen molar-refractivity contribution < 1.29 is 14.3 Å². The smallest absolute Gasteiger partial charge is 0.248 e. The number of nitrogens with one attached hydrogen (secondary N) is 2. The Morgan fingerprint density at radius 3 is 2.69 bits per heavy atom. The van der Waals surface area contributed by atoms with Gasteiger partial charge in [0.05, 0.1) is 0 Å². The lowest BCUT2D eigenvalue weighted by molar-refractivity contribution is -0.111. The first-order valence-corrected chi connectivity index (χ1v) is 9.81. The van der Waals surface area contributed by atoms with Crippen molar-refractivity contribution in [1.29, 1.82) is 0 Å². The molecule has 1 amide bonds. The molecular weight excluding hydrogens is 408 g/mol. The van der Waals surface area contributed by atoms with Crippen LogP contribution in [0.5, 0.6) is 11.5 Å². The summed E-state index contributed by atoms with van der Waals surface area (Å²) in [5.74, 6) is 2.44. The summed E-state index contributed by atoms with van der Waals surface area (Å²) in [5, 5.41) is 10.2. The summed E-state index contributed by atoms with van der Waals surface area (Å²) in [6, 6.07) is 16.5. The molecule has 2 aromatic heterocycles. The van der Waals surface area contributed by atoms with E-state index in [4.69, 9.17) is 9.47 Å². The zero-order valence-corrected chi connectivity index (χ0v) is 16.8. The first-order chi connectivity index (χ1) is 15.7. The predicted octanol–water partition coefficient (Wildman–Crippen LogP) is 3.79. The van der Waals surface area contributed by atoms with Crippen molar-refractivity contribution >= 4 is 29.2 Å². The number of aromatic nitrogens is 4. The third kappa shape index (κ3) is 4.41. The lowest BCUT2D eigenvalue weighted by Gasteiger charge is -2.08. The molecule has 3 heterocycles. The van der Waals surface area contributed by atoms with Gasteiger partial charge in [0.2, 0.25) is 12.7 Å². The number of ether oxygens (including phenoxy) is 2. The molecule has 9 heteroatoms. The number of nitrogens with zero attached hydrogens (tertiary/aromatic N) is 4. The second-order valence-corrected chi connectivity index (χ2v) is 6.85. The minimum Gasteiger partial charge on any atom is -0.454 e. The van der Waals surface area contributed by atoms with Gasteiger partial charge in [0.1, 0.15) is 12.1 Å². The van der Waals surface area contributed by atoms with E-state index in [1.165, 1.54) is 12.4 Å². The molecule has 0 saturated carbocycles. The van der Waals surface area contributed by atoms with Gasteiger partial charge < -0.3 is 20.1 Å². The number of fused-ring (bicyclic) bond motifs is 1. The van der Waals surface area contributed by atoms with Crippen molar-refractivity contribution in [2.24, 2.45) is 0 Å².